The van der Waals surface area contributed by atoms with Crippen molar-refractivity contribution >= 4 is 11.6 Å². The Kier molecular flexibility index (Phi) is 4.45. The second kappa shape index (κ2) is 5.64. The van der Waals surface area contributed by atoms with E-state index < -0.39 is 0 Å². The molecule has 0 aliphatic carbocycles. The summed E-state index contributed by atoms with van der Waals surface area (Å²) in [7, 11) is 1.91. The highest BCUT2D eigenvalue weighted by molar-refractivity contribution is 6.30. The highest BCUT2D eigenvalue weighted by Gasteiger charge is 2.07. The molecule has 0 amide bonds. The van der Waals surface area contributed by atoms with Crippen LogP contribution < -0.4 is 5.32 Å². The van der Waals surface area contributed by atoms with E-state index in [9.17, 15) is 0 Å². The Morgan fingerprint density at radius 2 is 2.36 bits per heavy atom. The fourth-order valence-corrected chi connectivity index (χ4v) is 1.39. The number of pyridine rings is 1. The minimum atomic E-state index is 0.202. The summed E-state index contributed by atoms with van der Waals surface area (Å²) in [6, 6.07) is 2.11. The molecule has 3 heteroatoms. The van der Waals surface area contributed by atoms with Crippen LogP contribution in [-0.2, 0) is 0 Å². The lowest BCUT2D eigenvalue weighted by Gasteiger charge is -2.12. The van der Waals surface area contributed by atoms with Crippen molar-refractivity contribution in [1.29, 1.82) is 0 Å². The lowest BCUT2D eigenvalue weighted by molar-refractivity contribution is 0.609. The first-order chi connectivity index (χ1) is 6.77. The Morgan fingerprint density at radius 1 is 1.57 bits per heavy atom. The molecule has 0 aromatic carbocycles. The van der Waals surface area contributed by atoms with E-state index in [0.29, 0.717) is 5.02 Å². The van der Waals surface area contributed by atoms with Crippen LogP contribution >= 0.6 is 11.6 Å². The van der Waals surface area contributed by atoms with Crippen molar-refractivity contribution in [3.63, 3.8) is 0 Å². The van der Waals surface area contributed by atoms with Crippen LogP contribution in [0, 0.1) is 11.8 Å². The number of nitrogens with zero attached hydrogens (tertiary/aromatic N) is 1. The van der Waals surface area contributed by atoms with Gasteiger partial charge in [0.15, 0.2) is 0 Å². The third-order valence-electron chi connectivity index (χ3n) is 1.96. The molecule has 0 aliphatic rings. The zero-order chi connectivity index (χ0) is 10.4. The summed E-state index contributed by atoms with van der Waals surface area (Å²) in [5.74, 6) is 5.91. The topological polar surface area (TPSA) is 24.9 Å². The third kappa shape index (κ3) is 3.02. The number of aromatic nitrogens is 1. The van der Waals surface area contributed by atoms with E-state index in [0.717, 1.165) is 12.0 Å². The van der Waals surface area contributed by atoms with Crippen LogP contribution in [-0.4, -0.2) is 12.0 Å². The van der Waals surface area contributed by atoms with Gasteiger partial charge in [-0.3, -0.25) is 4.98 Å². The first-order valence-corrected chi connectivity index (χ1v) is 4.83. The Balaban J connectivity index is 2.81. The van der Waals surface area contributed by atoms with Gasteiger partial charge in [0.25, 0.3) is 0 Å². The van der Waals surface area contributed by atoms with E-state index in [1.165, 1.54) is 0 Å². The average molecular weight is 209 g/mol. The maximum atomic E-state index is 5.85. The minimum absolute atomic E-state index is 0.202. The predicted octanol–water partition coefficient (Wildman–Crippen LogP) is 2.41. The number of nitrogens with one attached hydrogen (secondary N) is 1. The average Bonchev–Trinajstić information content (AvgIpc) is 2.19. The number of halogens is 1. The summed E-state index contributed by atoms with van der Waals surface area (Å²) >= 11 is 5.85. The molecule has 1 N–H and O–H groups in total. The molecule has 1 aromatic rings. The Bertz CT molecular complexity index is 352. The lowest BCUT2D eigenvalue weighted by atomic mass is 10.1. The normalized spacial score (nSPS) is 11.6. The fraction of sp³-hybridized carbons (Fsp3) is 0.364. The molecule has 0 saturated carbocycles. The Labute approximate surface area is 89.7 Å². The van der Waals surface area contributed by atoms with Gasteiger partial charge in [-0.25, -0.2) is 0 Å². The molecular formula is C11H13ClN2. The molecule has 14 heavy (non-hydrogen) atoms. The number of hydrogen-bond acceptors (Lipinski definition) is 2. The van der Waals surface area contributed by atoms with Gasteiger partial charge in [-0.2, -0.15) is 0 Å². The summed E-state index contributed by atoms with van der Waals surface area (Å²) in [4.78, 5) is 4.04. The van der Waals surface area contributed by atoms with Gasteiger partial charge in [0.05, 0.1) is 5.02 Å². The van der Waals surface area contributed by atoms with Gasteiger partial charge in [0.2, 0.25) is 0 Å². The molecular weight excluding hydrogens is 196 g/mol. The van der Waals surface area contributed by atoms with Crippen molar-refractivity contribution in [2.45, 2.75) is 19.4 Å². The van der Waals surface area contributed by atoms with E-state index in [1.807, 2.05) is 26.2 Å². The number of hydrogen-bond donors (Lipinski definition) is 1. The molecule has 0 fully saturated rings. The van der Waals surface area contributed by atoms with Gasteiger partial charge in [-0.05, 0) is 25.6 Å². The van der Waals surface area contributed by atoms with Crippen LogP contribution in [0.15, 0.2) is 18.5 Å². The van der Waals surface area contributed by atoms with E-state index >= 15 is 0 Å². The minimum Gasteiger partial charge on any atom is -0.312 e. The maximum absolute atomic E-state index is 5.85. The van der Waals surface area contributed by atoms with Crippen molar-refractivity contribution in [1.82, 2.24) is 10.3 Å². The van der Waals surface area contributed by atoms with Crippen LogP contribution in [0.4, 0.5) is 0 Å². The van der Waals surface area contributed by atoms with Gasteiger partial charge in [-0.1, -0.05) is 11.6 Å². The molecule has 1 unspecified atom stereocenters. The van der Waals surface area contributed by atoms with Crippen LogP contribution in [0.1, 0.15) is 24.9 Å². The molecule has 0 spiro atoms. The highest BCUT2D eigenvalue weighted by atomic mass is 35.5. The van der Waals surface area contributed by atoms with E-state index in [4.69, 9.17) is 11.6 Å². The van der Waals surface area contributed by atoms with Gasteiger partial charge < -0.3 is 5.32 Å². The first-order valence-electron chi connectivity index (χ1n) is 4.45. The summed E-state index contributed by atoms with van der Waals surface area (Å²) in [6.07, 6.45) is 4.21. The van der Waals surface area contributed by atoms with Crippen molar-refractivity contribution < 1.29 is 0 Å². The lowest BCUT2D eigenvalue weighted by Crippen LogP contribution is -2.15. The van der Waals surface area contributed by atoms with Gasteiger partial charge in [0, 0.05) is 24.9 Å². The smallest absolute Gasteiger partial charge is 0.0592 e. The molecule has 1 aromatic heterocycles. The monoisotopic (exact) mass is 208 g/mol. The molecule has 0 saturated heterocycles. The Hall–Kier alpha value is -1.04. The molecule has 0 bridgehead atoms. The summed E-state index contributed by atoms with van der Waals surface area (Å²) in [6.45, 7) is 1.84. The Morgan fingerprint density at radius 3 is 2.93 bits per heavy atom. The fourth-order valence-electron chi connectivity index (χ4n) is 1.21. The van der Waals surface area contributed by atoms with Crippen molar-refractivity contribution in [3.05, 3.63) is 29.0 Å². The van der Waals surface area contributed by atoms with E-state index in [2.05, 4.69) is 22.1 Å². The van der Waals surface area contributed by atoms with Crippen LogP contribution in [0.5, 0.6) is 0 Å². The van der Waals surface area contributed by atoms with Gasteiger partial charge in [0.1, 0.15) is 0 Å². The molecule has 0 radical (unpaired) electrons. The van der Waals surface area contributed by atoms with Crippen molar-refractivity contribution in [2.24, 2.45) is 0 Å². The first kappa shape index (κ1) is 11.0. The third-order valence-corrected chi connectivity index (χ3v) is 2.17. The van der Waals surface area contributed by atoms with Crippen LogP contribution in [0.3, 0.4) is 0 Å². The zero-order valence-electron chi connectivity index (χ0n) is 8.34. The molecule has 1 heterocycles. The molecule has 1 rings (SSSR count). The van der Waals surface area contributed by atoms with Crippen molar-refractivity contribution in [3.8, 4) is 11.8 Å². The predicted molar refractivity (Wildman–Crippen MR) is 59.1 cm³/mol. The maximum Gasteiger partial charge on any atom is 0.0592 e. The second-order valence-corrected chi connectivity index (χ2v) is 3.35. The molecule has 0 aliphatic heterocycles. The largest absolute Gasteiger partial charge is 0.312 e. The summed E-state index contributed by atoms with van der Waals surface area (Å²) in [5.41, 5.74) is 1.07. The van der Waals surface area contributed by atoms with Crippen LogP contribution in [0.2, 0.25) is 5.02 Å². The zero-order valence-corrected chi connectivity index (χ0v) is 9.10. The second-order valence-electron chi connectivity index (χ2n) is 2.91. The van der Waals surface area contributed by atoms with E-state index in [-0.39, 0.29) is 6.04 Å². The molecule has 74 valence electrons. The number of rotatable bonds is 3. The molecule has 1 atom stereocenters. The van der Waals surface area contributed by atoms with Gasteiger partial charge >= 0.3 is 0 Å². The molecule has 2 nitrogen and oxygen atoms in total. The summed E-state index contributed by atoms with van der Waals surface area (Å²) < 4.78 is 0. The van der Waals surface area contributed by atoms with E-state index in [1.54, 1.807) is 6.20 Å². The highest BCUT2D eigenvalue weighted by Crippen LogP contribution is 2.18. The standard InChI is InChI=1S/C11H13ClN2/c1-3-4-5-11(13-2)9-6-10(12)8-14-7-9/h6-8,11,13H,5H2,1-2H3. The van der Waals surface area contributed by atoms with Gasteiger partial charge in [-0.15, -0.1) is 11.8 Å². The SMILES string of the molecule is CC#CCC(NC)c1cncc(Cl)c1. The van der Waals surface area contributed by atoms with Crippen LogP contribution in [0.25, 0.3) is 0 Å². The quantitative estimate of drug-likeness (QED) is 0.772. The summed E-state index contributed by atoms with van der Waals surface area (Å²) in [5, 5.41) is 3.84. The van der Waals surface area contributed by atoms with Crippen molar-refractivity contribution in [2.75, 3.05) is 7.05 Å².